The zero-order chi connectivity index (χ0) is 17.8. The zero-order valence-corrected chi connectivity index (χ0v) is 14.8. The summed E-state index contributed by atoms with van der Waals surface area (Å²) in [7, 11) is 0. The van der Waals surface area contributed by atoms with Crippen LogP contribution in [-0.2, 0) is 6.42 Å². The van der Waals surface area contributed by atoms with Crippen molar-refractivity contribution in [2.24, 2.45) is 5.73 Å². The maximum atomic E-state index is 10.1. The molecule has 0 saturated carbocycles. The zero-order valence-electron chi connectivity index (χ0n) is 14.0. The van der Waals surface area contributed by atoms with Crippen molar-refractivity contribution < 1.29 is 5.11 Å². The molecule has 6 heteroatoms. The van der Waals surface area contributed by atoms with Gasteiger partial charge >= 0.3 is 0 Å². The Balaban J connectivity index is 0.00000243. The minimum absolute atomic E-state index is 0. The SMILES string of the molecule is Cl.N#Cc1c(CC(N)c2ccccc2)cc(-c2ccccc2O)nc1N. The first-order chi connectivity index (χ1) is 12.1. The predicted octanol–water partition coefficient (Wildman–Crippen LogP) is 3.57. The third-order valence-corrected chi connectivity index (χ3v) is 4.09. The number of aromatic hydroxyl groups is 1. The predicted molar refractivity (Wildman–Crippen MR) is 105 cm³/mol. The van der Waals surface area contributed by atoms with E-state index in [0.717, 1.165) is 5.56 Å². The molecule has 5 nitrogen and oxygen atoms in total. The van der Waals surface area contributed by atoms with Gasteiger partial charge in [0.15, 0.2) is 0 Å². The van der Waals surface area contributed by atoms with E-state index >= 15 is 0 Å². The van der Waals surface area contributed by atoms with Gasteiger partial charge in [-0.2, -0.15) is 5.26 Å². The number of aromatic nitrogens is 1. The van der Waals surface area contributed by atoms with Crippen LogP contribution in [0.3, 0.4) is 0 Å². The summed E-state index contributed by atoms with van der Waals surface area (Å²) in [5, 5.41) is 19.5. The first kappa shape index (κ1) is 19.3. The van der Waals surface area contributed by atoms with Crippen LogP contribution in [0.2, 0.25) is 0 Å². The molecule has 1 aromatic heterocycles. The lowest BCUT2D eigenvalue weighted by Gasteiger charge is -2.15. The molecule has 1 atom stereocenters. The van der Waals surface area contributed by atoms with E-state index in [9.17, 15) is 10.4 Å². The highest BCUT2D eigenvalue weighted by molar-refractivity contribution is 5.85. The van der Waals surface area contributed by atoms with E-state index in [-0.39, 0.29) is 30.0 Å². The fraction of sp³-hybridized carbons (Fsp3) is 0.100. The van der Waals surface area contributed by atoms with Crippen LogP contribution in [0.25, 0.3) is 11.3 Å². The number of para-hydroxylation sites is 1. The quantitative estimate of drug-likeness (QED) is 0.653. The molecule has 3 rings (SSSR count). The number of rotatable bonds is 4. The van der Waals surface area contributed by atoms with Gasteiger partial charge in [-0.05, 0) is 35.7 Å². The Morgan fingerprint density at radius 3 is 2.38 bits per heavy atom. The van der Waals surface area contributed by atoms with Gasteiger partial charge in [0.05, 0.1) is 11.3 Å². The monoisotopic (exact) mass is 366 g/mol. The van der Waals surface area contributed by atoms with Gasteiger partial charge in [0.25, 0.3) is 0 Å². The normalized spacial score (nSPS) is 11.2. The summed E-state index contributed by atoms with van der Waals surface area (Å²) >= 11 is 0. The van der Waals surface area contributed by atoms with Crippen LogP contribution in [0.1, 0.15) is 22.7 Å². The van der Waals surface area contributed by atoms with Crippen molar-refractivity contribution in [2.75, 3.05) is 5.73 Å². The molecule has 0 amide bonds. The molecule has 0 aliphatic carbocycles. The van der Waals surface area contributed by atoms with Crippen molar-refractivity contribution in [3.63, 3.8) is 0 Å². The van der Waals surface area contributed by atoms with Crippen molar-refractivity contribution >= 4 is 18.2 Å². The minimum Gasteiger partial charge on any atom is -0.507 e. The van der Waals surface area contributed by atoms with E-state index in [2.05, 4.69) is 11.1 Å². The molecular weight excluding hydrogens is 348 g/mol. The van der Waals surface area contributed by atoms with Gasteiger partial charge in [-0.25, -0.2) is 4.98 Å². The van der Waals surface area contributed by atoms with Crippen LogP contribution >= 0.6 is 12.4 Å². The highest BCUT2D eigenvalue weighted by Crippen LogP contribution is 2.31. The first-order valence-electron chi connectivity index (χ1n) is 7.88. The number of hydrogen-bond donors (Lipinski definition) is 3. The molecule has 132 valence electrons. The third kappa shape index (κ3) is 3.94. The number of nitriles is 1. The average molecular weight is 367 g/mol. The van der Waals surface area contributed by atoms with Gasteiger partial charge in [0, 0.05) is 11.6 Å². The van der Waals surface area contributed by atoms with E-state index in [4.69, 9.17) is 11.5 Å². The Morgan fingerprint density at radius 2 is 1.73 bits per heavy atom. The lowest BCUT2D eigenvalue weighted by atomic mass is 9.95. The molecular formula is C20H19ClN4O. The Morgan fingerprint density at radius 1 is 1.08 bits per heavy atom. The largest absolute Gasteiger partial charge is 0.507 e. The number of nitrogen functional groups attached to an aromatic ring is 1. The topological polar surface area (TPSA) is 109 Å². The van der Waals surface area contributed by atoms with E-state index in [1.165, 1.54) is 0 Å². The maximum Gasteiger partial charge on any atom is 0.142 e. The number of nitrogens with zero attached hydrogens (tertiary/aromatic N) is 2. The van der Waals surface area contributed by atoms with Crippen LogP contribution in [0, 0.1) is 11.3 Å². The Hall–Kier alpha value is -3.07. The van der Waals surface area contributed by atoms with E-state index in [1.54, 1.807) is 30.3 Å². The van der Waals surface area contributed by atoms with Crippen molar-refractivity contribution in [2.45, 2.75) is 12.5 Å². The van der Waals surface area contributed by atoms with Crippen molar-refractivity contribution in [3.8, 4) is 23.1 Å². The van der Waals surface area contributed by atoms with Gasteiger partial charge in [0.1, 0.15) is 17.6 Å². The summed E-state index contributed by atoms with van der Waals surface area (Å²) in [5.41, 5.74) is 15.4. The molecule has 0 aliphatic rings. The summed E-state index contributed by atoms with van der Waals surface area (Å²) in [6.45, 7) is 0. The number of halogens is 1. The van der Waals surface area contributed by atoms with Gasteiger partial charge in [0.2, 0.25) is 0 Å². The third-order valence-electron chi connectivity index (χ3n) is 4.09. The molecule has 26 heavy (non-hydrogen) atoms. The number of benzene rings is 2. The van der Waals surface area contributed by atoms with Gasteiger partial charge in [-0.1, -0.05) is 42.5 Å². The number of hydrogen-bond acceptors (Lipinski definition) is 5. The van der Waals surface area contributed by atoms with E-state index in [1.807, 2.05) is 30.3 Å². The minimum atomic E-state index is -0.271. The second kappa shape index (κ2) is 8.34. The molecule has 0 fully saturated rings. The van der Waals surface area contributed by atoms with Crippen LogP contribution in [-0.4, -0.2) is 10.1 Å². The molecule has 0 spiro atoms. The molecule has 2 aromatic carbocycles. The van der Waals surface area contributed by atoms with Crippen molar-refractivity contribution in [1.82, 2.24) is 4.98 Å². The Kier molecular flexibility index (Phi) is 6.18. The fourth-order valence-corrected chi connectivity index (χ4v) is 2.79. The highest BCUT2D eigenvalue weighted by atomic mass is 35.5. The number of nitrogens with two attached hydrogens (primary N) is 2. The average Bonchev–Trinajstić information content (AvgIpc) is 2.62. The second-order valence-electron chi connectivity index (χ2n) is 5.78. The standard InChI is InChI=1S/C20H18N4O.ClH/c21-12-16-14(10-17(22)13-6-2-1-3-7-13)11-18(24-20(16)23)15-8-4-5-9-19(15)25;/h1-9,11,17,25H,10,22H2,(H2,23,24);1H. The van der Waals surface area contributed by atoms with E-state index in [0.29, 0.717) is 28.8 Å². The van der Waals surface area contributed by atoms with Crippen molar-refractivity contribution in [1.29, 1.82) is 5.26 Å². The lowest BCUT2D eigenvalue weighted by molar-refractivity contribution is 0.477. The molecule has 0 bridgehead atoms. The Bertz CT molecular complexity index is 938. The van der Waals surface area contributed by atoms with Crippen molar-refractivity contribution in [3.05, 3.63) is 77.4 Å². The Labute approximate surface area is 158 Å². The molecule has 5 N–H and O–H groups in total. The molecule has 1 unspecified atom stereocenters. The number of pyridine rings is 1. The molecule has 0 saturated heterocycles. The van der Waals surface area contributed by atoms with Crippen LogP contribution in [0.4, 0.5) is 5.82 Å². The number of phenols is 1. The summed E-state index contributed by atoms with van der Waals surface area (Å²) < 4.78 is 0. The molecule has 0 radical (unpaired) electrons. The summed E-state index contributed by atoms with van der Waals surface area (Å²) in [6.07, 6.45) is 0.445. The van der Waals surface area contributed by atoms with E-state index < -0.39 is 0 Å². The maximum absolute atomic E-state index is 10.1. The lowest BCUT2D eigenvalue weighted by Crippen LogP contribution is -2.15. The van der Waals surface area contributed by atoms with Crippen LogP contribution in [0.15, 0.2) is 60.7 Å². The fourth-order valence-electron chi connectivity index (χ4n) is 2.79. The number of phenolic OH excluding ortho intramolecular Hbond substituents is 1. The summed E-state index contributed by atoms with van der Waals surface area (Å²) in [4.78, 5) is 4.27. The highest BCUT2D eigenvalue weighted by Gasteiger charge is 2.16. The van der Waals surface area contributed by atoms with Gasteiger partial charge in [-0.3, -0.25) is 0 Å². The first-order valence-corrected chi connectivity index (χ1v) is 7.88. The summed E-state index contributed by atoms with van der Waals surface area (Å²) in [6, 6.07) is 20.2. The summed E-state index contributed by atoms with van der Waals surface area (Å²) in [5.74, 6) is 0.246. The smallest absolute Gasteiger partial charge is 0.142 e. The van der Waals surface area contributed by atoms with Crippen LogP contribution < -0.4 is 11.5 Å². The second-order valence-corrected chi connectivity index (χ2v) is 5.78. The van der Waals surface area contributed by atoms with Crippen LogP contribution in [0.5, 0.6) is 5.75 Å². The molecule has 0 aliphatic heterocycles. The molecule has 3 aromatic rings. The number of anilines is 1. The molecule has 1 heterocycles. The van der Waals surface area contributed by atoms with Gasteiger partial charge < -0.3 is 16.6 Å². The van der Waals surface area contributed by atoms with Gasteiger partial charge in [-0.15, -0.1) is 12.4 Å².